The van der Waals surface area contributed by atoms with Crippen LogP contribution in [0.4, 0.5) is 11.4 Å². The van der Waals surface area contributed by atoms with Crippen LogP contribution >= 0.6 is 0 Å². The molecule has 2 aliphatic rings. The molecule has 4 unspecified atom stereocenters. The first-order valence-electron chi connectivity index (χ1n) is 15.9. The summed E-state index contributed by atoms with van der Waals surface area (Å²) in [4.78, 5) is 3.36. The van der Waals surface area contributed by atoms with Gasteiger partial charge in [-0.05, 0) is 70.0 Å². The van der Waals surface area contributed by atoms with Gasteiger partial charge in [0.25, 0.3) is 0 Å². The Kier molecular flexibility index (Phi) is 11.6. The first-order valence-corrected chi connectivity index (χ1v) is 17.3. The minimum absolute atomic E-state index is 0.235. The summed E-state index contributed by atoms with van der Waals surface area (Å²) in [5.74, 6) is 0. The van der Waals surface area contributed by atoms with Gasteiger partial charge in [-0.1, -0.05) is 54.1 Å². The molecule has 0 radical (unpaired) electrons. The molecule has 0 bridgehead atoms. The van der Waals surface area contributed by atoms with Gasteiger partial charge in [0, 0.05) is 48.7 Å². The number of unbranched alkanes of at least 4 members (excludes halogenated alkanes) is 1. The van der Waals surface area contributed by atoms with Crippen molar-refractivity contribution in [1.29, 1.82) is 0 Å². The van der Waals surface area contributed by atoms with Gasteiger partial charge >= 0.3 is 0 Å². The summed E-state index contributed by atoms with van der Waals surface area (Å²) in [6.07, 6.45) is -1.43. The van der Waals surface area contributed by atoms with Crippen LogP contribution < -0.4 is 16.0 Å². The monoisotopic (exact) mass is 654 g/mol. The summed E-state index contributed by atoms with van der Waals surface area (Å²) in [7, 11) is -3.75. The molecule has 7 N–H and O–H groups in total. The molecular formula is C33H46N6O6S. The van der Waals surface area contributed by atoms with E-state index in [1.54, 1.807) is 41.3 Å². The molecule has 3 aromatic carbocycles. The molecule has 2 aliphatic heterocycles. The van der Waals surface area contributed by atoms with Gasteiger partial charge in [-0.25, -0.2) is 18.2 Å². The van der Waals surface area contributed by atoms with Crippen molar-refractivity contribution < 1.29 is 28.8 Å². The molecule has 0 spiro atoms. The fraction of sp³-hybridized carbons (Fsp3) is 0.455. The number of aliphatic hydroxyl groups is 4. The van der Waals surface area contributed by atoms with E-state index in [9.17, 15) is 28.8 Å². The van der Waals surface area contributed by atoms with E-state index in [-0.39, 0.29) is 18.0 Å². The van der Waals surface area contributed by atoms with Gasteiger partial charge < -0.3 is 36.4 Å². The number of benzene rings is 3. The van der Waals surface area contributed by atoms with Crippen molar-refractivity contribution in [3.05, 3.63) is 89.5 Å². The highest BCUT2D eigenvalue weighted by Crippen LogP contribution is 2.33. The zero-order chi connectivity index (χ0) is 32.7. The second kappa shape index (κ2) is 15.7. The minimum atomic E-state index is -3.75. The molecule has 0 fully saturated rings. The summed E-state index contributed by atoms with van der Waals surface area (Å²) in [6.45, 7) is 4.63. The maximum Gasteiger partial charge on any atom is 0.243 e. The first kappa shape index (κ1) is 34.2. The molecule has 0 aromatic heterocycles. The highest BCUT2D eigenvalue weighted by Gasteiger charge is 2.33. The maximum atomic E-state index is 13.6. The third-order valence-corrected chi connectivity index (χ3v) is 10.5. The zero-order valence-electron chi connectivity index (χ0n) is 26.2. The van der Waals surface area contributed by atoms with Gasteiger partial charge in [0.2, 0.25) is 10.0 Å². The van der Waals surface area contributed by atoms with Crippen molar-refractivity contribution in [2.45, 2.75) is 62.7 Å². The number of para-hydroxylation sites is 2. The Labute approximate surface area is 271 Å². The SMILES string of the molecule is Cc1ccc(S(=O)(=O)N(CCCCNCCCN2C(O)Nc3ccccc3C2O)CCCN2C(O)Nc3ccccc3C2O)cc1. The predicted molar refractivity (Wildman–Crippen MR) is 177 cm³/mol. The van der Waals surface area contributed by atoms with Crippen molar-refractivity contribution in [2.24, 2.45) is 0 Å². The van der Waals surface area contributed by atoms with E-state index < -0.39 is 35.2 Å². The van der Waals surface area contributed by atoms with Crippen molar-refractivity contribution in [3.8, 4) is 0 Å². The lowest BCUT2D eigenvalue weighted by atomic mass is 10.1. The van der Waals surface area contributed by atoms with E-state index in [1.165, 1.54) is 9.21 Å². The Hall–Kier alpha value is -3.11. The van der Waals surface area contributed by atoms with E-state index in [0.29, 0.717) is 56.7 Å². The smallest absolute Gasteiger partial charge is 0.243 e. The van der Waals surface area contributed by atoms with E-state index in [1.807, 2.05) is 43.3 Å². The van der Waals surface area contributed by atoms with Crippen LogP contribution in [0.2, 0.25) is 0 Å². The van der Waals surface area contributed by atoms with Crippen molar-refractivity contribution in [1.82, 2.24) is 19.4 Å². The van der Waals surface area contributed by atoms with Gasteiger partial charge in [-0.15, -0.1) is 0 Å². The normalized spacial score (nSPS) is 21.8. The Morgan fingerprint density at radius 3 is 1.78 bits per heavy atom. The number of nitrogens with zero attached hydrogens (tertiary/aromatic N) is 3. The van der Waals surface area contributed by atoms with Gasteiger partial charge in [0.05, 0.1) is 4.90 Å². The summed E-state index contributed by atoms with van der Waals surface area (Å²) in [6, 6.07) is 21.4. The molecule has 46 heavy (non-hydrogen) atoms. The molecule has 3 aromatic rings. The molecule has 0 amide bonds. The Morgan fingerprint density at radius 2 is 1.20 bits per heavy atom. The topological polar surface area (TPSA) is 161 Å². The lowest BCUT2D eigenvalue weighted by Crippen LogP contribution is -2.48. The molecule has 4 atom stereocenters. The fourth-order valence-electron chi connectivity index (χ4n) is 5.96. The number of aryl methyl sites for hydroxylation is 1. The van der Waals surface area contributed by atoms with Gasteiger partial charge in [0.15, 0.2) is 12.7 Å². The summed E-state index contributed by atoms with van der Waals surface area (Å²) < 4.78 is 28.8. The summed E-state index contributed by atoms with van der Waals surface area (Å²) in [5, 5.41) is 52.0. The molecule has 250 valence electrons. The number of aliphatic hydroxyl groups excluding tert-OH is 4. The Morgan fingerprint density at radius 1 is 0.696 bits per heavy atom. The third-order valence-electron chi connectivity index (χ3n) is 8.57. The quantitative estimate of drug-likeness (QED) is 0.121. The lowest BCUT2D eigenvalue weighted by Gasteiger charge is -2.38. The summed E-state index contributed by atoms with van der Waals surface area (Å²) in [5.41, 5.74) is 3.76. The summed E-state index contributed by atoms with van der Waals surface area (Å²) >= 11 is 0. The van der Waals surface area contributed by atoms with E-state index >= 15 is 0 Å². The number of nitrogens with one attached hydrogen (secondary N) is 3. The number of anilines is 2. The lowest BCUT2D eigenvalue weighted by molar-refractivity contribution is -0.0985. The van der Waals surface area contributed by atoms with Gasteiger partial charge in [-0.2, -0.15) is 4.31 Å². The minimum Gasteiger partial charge on any atom is -0.374 e. The Balaban J connectivity index is 1.09. The predicted octanol–water partition coefficient (Wildman–Crippen LogP) is 2.52. The van der Waals surface area contributed by atoms with Crippen LogP contribution in [0.25, 0.3) is 0 Å². The molecule has 13 heteroatoms. The van der Waals surface area contributed by atoms with Crippen LogP contribution in [-0.2, 0) is 10.0 Å². The number of hydrogen-bond acceptors (Lipinski definition) is 11. The molecule has 0 saturated carbocycles. The first-order chi connectivity index (χ1) is 22.2. The zero-order valence-corrected chi connectivity index (χ0v) is 27.0. The standard InChI is InChI=1S/C33H46N6O6S/c1-24-14-16-25(17-15-24)46(44,45)37(21-9-23-39-31(41)27-11-3-5-13-29(27)36-33(39)43)20-7-6-18-34-19-8-22-38-30(40)26-10-2-4-12-28(26)35-32(38)42/h2-5,10-17,30-36,40-43H,6-9,18-23H2,1H3. The third kappa shape index (κ3) is 8.05. The van der Waals surface area contributed by atoms with Crippen molar-refractivity contribution >= 4 is 21.4 Å². The molecular weight excluding hydrogens is 608 g/mol. The van der Waals surface area contributed by atoms with Crippen LogP contribution in [-0.4, -0.2) is 94.9 Å². The number of rotatable bonds is 15. The average Bonchev–Trinajstić information content (AvgIpc) is 3.04. The van der Waals surface area contributed by atoms with Gasteiger partial charge in [0.1, 0.15) is 12.5 Å². The van der Waals surface area contributed by atoms with E-state index in [4.69, 9.17) is 0 Å². The van der Waals surface area contributed by atoms with Crippen LogP contribution in [0.5, 0.6) is 0 Å². The maximum absolute atomic E-state index is 13.6. The molecule has 0 saturated heterocycles. The Bertz CT molecular complexity index is 1530. The van der Waals surface area contributed by atoms with Gasteiger partial charge in [-0.3, -0.25) is 0 Å². The number of sulfonamides is 1. The van der Waals surface area contributed by atoms with Crippen molar-refractivity contribution in [3.63, 3.8) is 0 Å². The molecule has 12 nitrogen and oxygen atoms in total. The molecule has 2 heterocycles. The second-order valence-electron chi connectivity index (χ2n) is 11.8. The highest BCUT2D eigenvalue weighted by atomic mass is 32.2. The van der Waals surface area contributed by atoms with Crippen molar-refractivity contribution in [2.75, 3.05) is 49.9 Å². The van der Waals surface area contributed by atoms with Crippen LogP contribution in [0.1, 0.15) is 54.8 Å². The highest BCUT2D eigenvalue weighted by molar-refractivity contribution is 7.89. The van der Waals surface area contributed by atoms with E-state index in [0.717, 1.165) is 23.2 Å². The second-order valence-corrected chi connectivity index (χ2v) is 13.8. The molecule has 0 aliphatic carbocycles. The van der Waals surface area contributed by atoms with Crippen LogP contribution in [0.15, 0.2) is 77.7 Å². The number of fused-ring (bicyclic) bond motifs is 2. The fourth-order valence-corrected chi connectivity index (χ4v) is 7.47. The average molecular weight is 655 g/mol. The van der Waals surface area contributed by atoms with E-state index in [2.05, 4.69) is 16.0 Å². The van der Waals surface area contributed by atoms with Crippen LogP contribution in [0.3, 0.4) is 0 Å². The number of hydrogen-bond donors (Lipinski definition) is 7. The van der Waals surface area contributed by atoms with Crippen LogP contribution in [0, 0.1) is 6.92 Å². The largest absolute Gasteiger partial charge is 0.374 e. The molecule has 5 rings (SSSR count).